The Hall–Kier alpha value is -0.390. The molecule has 0 heterocycles. The van der Waals surface area contributed by atoms with Gasteiger partial charge in [-0.15, -0.1) is 0 Å². The molecule has 3 nitrogen and oxygen atoms in total. The second-order valence-electron chi connectivity index (χ2n) is 3.79. The van der Waals surface area contributed by atoms with E-state index in [0.29, 0.717) is 6.54 Å². The number of nitrogens with one attached hydrogen (secondary N) is 2. The highest BCUT2D eigenvalue weighted by Crippen LogP contribution is 2.30. The van der Waals surface area contributed by atoms with Crippen molar-refractivity contribution in [1.82, 2.24) is 5.32 Å². The summed E-state index contributed by atoms with van der Waals surface area (Å²) in [6, 6.07) is 5.70. The Morgan fingerprint density at radius 2 is 1.94 bits per heavy atom. The van der Waals surface area contributed by atoms with Gasteiger partial charge >= 0.3 is 0 Å². The zero-order valence-electron chi connectivity index (χ0n) is 9.89. The summed E-state index contributed by atoms with van der Waals surface area (Å²) in [5.41, 5.74) is 0.779. The highest BCUT2D eigenvalue weighted by Gasteiger charge is 2.14. The first kappa shape index (κ1) is 14.7. The number of amides is 1. The van der Waals surface area contributed by atoms with Gasteiger partial charge < -0.3 is 10.6 Å². The van der Waals surface area contributed by atoms with E-state index in [-0.39, 0.29) is 11.8 Å². The highest BCUT2D eigenvalue weighted by molar-refractivity contribution is 9.11. The van der Waals surface area contributed by atoms with E-state index in [4.69, 9.17) is 0 Å². The number of carbonyl (C=O) groups is 1. The van der Waals surface area contributed by atoms with E-state index in [0.717, 1.165) is 21.2 Å². The molecule has 1 aromatic rings. The zero-order chi connectivity index (χ0) is 12.8. The fourth-order valence-corrected chi connectivity index (χ4v) is 2.51. The van der Waals surface area contributed by atoms with Gasteiger partial charge in [-0.3, -0.25) is 4.79 Å². The van der Waals surface area contributed by atoms with Crippen LogP contribution in [0.4, 0.5) is 5.69 Å². The van der Waals surface area contributed by atoms with Crippen molar-refractivity contribution in [2.24, 2.45) is 5.92 Å². The standard InChI is InChI=1S/C12H16Br2N2O/c1-3-15-7-8(2)12(17)16-11-9(13)5-4-6-10(11)14/h4-6,8,15H,3,7H2,1-2H3,(H,16,17). The molecule has 1 rings (SSSR count). The van der Waals surface area contributed by atoms with Crippen molar-refractivity contribution in [3.8, 4) is 0 Å². The molecule has 0 radical (unpaired) electrons. The van der Waals surface area contributed by atoms with E-state index in [1.807, 2.05) is 32.0 Å². The quantitative estimate of drug-likeness (QED) is 0.841. The number of benzene rings is 1. The number of rotatable bonds is 5. The molecular weight excluding hydrogens is 348 g/mol. The van der Waals surface area contributed by atoms with Crippen LogP contribution < -0.4 is 10.6 Å². The minimum absolute atomic E-state index is 0.0125. The molecule has 94 valence electrons. The van der Waals surface area contributed by atoms with Crippen LogP contribution in [0.3, 0.4) is 0 Å². The first-order valence-corrected chi connectivity index (χ1v) is 7.10. The summed E-state index contributed by atoms with van der Waals surface area (Å²) in [5, 5.41) is 6.07. The first-order valence-electron chi connectivity index (χ1n) is 5.51. The Morgan fingerprint density at radius 3 is 2.47 bits per heavy atom. The lowest BCUT2D eigenvalue weighted by atomic mass is 10.1. The van der Waals surface area contributed by atoms with Crippen molar-refractivity contribution in [3.63, 3.8) is 0 Å². The van der Waals surface area contributed by atoms with Gasteiger partial charge in [0.25, 0.3) is 0 Å². The second-order valence-corrected chi connectivity index (χ2v) is 5.50. The zero-order valence-corrected chi connectivity index (χ0v) is 13.1. The molecule has 0 saturated heterocycles. The average Bonchev–Trinajstić information content (AvgIpc) is 2.30. The fourth-order valence-electron chi connectivity index (χ4n) is 1.32. The lowest BCUT2D eigenvalue weighted by Gasteiger charge is -2.14. The molecule has 1 unspecified atom stereocenters. The molecule has 0 fully saturated rings. The van der Waals surface area contributed by atoms with Crippen LogP contribution in [0, 0.1) is 5.92 Å². The van der Waals surface area contributed by atoms with E-state index in [9.17, 15) is 4.79 Å². The van der Waals surface area contributed by atoms with Gasteiger partial charge in [0.2, 0.25) is 5.91 Å². The van der Waals surface area contributed by atoms with Crippen LogP contribution in [0.15, 0.2) is 27.1 Å². The topological polar surface area (TPSA) is 41.1 Å². The Labute approximate surface area is 119 Å². The third-order valence-electron chi connectivity index (χ3n) is 2.36. The molecule has 2 N–H and O–H groups in total. The van der Waals surface area contributed by atoms with Crippen molar-refractivity contribution in [1.29, 1.82) is 0 Å². The Bertz CT molecular complexity index is 376. The minimum atomic E-state index is -0.0612. The minimum Gasteiger partial charge on any atom is -0.324 e. The lowest BCUT2D eigenvalue weighted by molar-refractivity contribution is -0.119. The first-order chi connectivity index (χ1) is 8.06. The summed E-state index contributed by atoms with van der Waals surface area (Å²) in [6.45, 7) is 5.48. The predicted molar refractivity (Wildman–Crippen MR) is 78.2 cm³/mol. The molecule has 5 heteroatoms. The molecular formula is C12H16Br2N2O. The van der Waals surface area contributed by atoms with Gasteiger partial charge in [0.15, 0.2) is 0 Å². The summed E-state index contributed by atoms with van der Waals surface area (Å²) < 4.78 is 1.74. The second kappa shape index (κ2) is 7.13. The average molecular weight is 364 g/mol. The molecule has 1 aromatic carbocycles. The van der Waals surface area contributed by atoms with E-state index < -0.39 is 0 Å². The monoisotopic (exact) mass is 362 g/mol. The van der Waals surface area contributed by atoms with Gasteiger partial charge in [0, 0.05) is 21.4 Å². The third kappa shape index (κ3) is 4.41. The van der Waals surface area contributed by atoms with Gasteiger partial charge in [-0.1, -0.05) is 19.9 Å². The Balaban J connectivity index is 2.68. The van der Waals surface area contributed by atoms with Crippen LogP contribution in [-0.2, 0) is 4.79 Å². The summed E-state index contributed by atoms with van der Waals surface area (Å²) in [7, 11) is 0. The molecule has 1 amide bonds. The van der Waals surface area contributed by atoms with Gasteiger partial charge in [-0.2, -0.15) is 0 Å². The number of halogens is 2. The number of hydrogen-bond acceptors (Lipinski definition) is 2. The van der Waals surface area contributed by atoms with Gasteiger partial charge in [-0.05, 0) is 50.5 Å². The van der Waals surface area contributed by atoms with Crippen LogP contribution in [0.2, 0.25) is 0 Å². The van der Waals surface area contributed by atoms with Crippen LogP contribution in [0.25, 0.3) is 0 Å². The van der Waals surface area contributed by atoms with E-state index in [2.05, 4.69) is 42.5 Å². The van der Waals surface area contributed by atoms with E-state index in [1.54, 1.807) is 0 Å². The van der Waals surface area contributed by atoms with Gasteiger partial charge in [0.1, 0.15) is 0 Å². The molecule has 0 aliphatic carbocycles. The maximum atomic E-state index is 11.9. The Kier molecular flexibility index (Phi) is 6.16. The van der Waals surface area contributed by atoms with Gasteiger partial charge in [-0.25, -0.2) is 0 Å². The fraction of sp³-hybridized carbons (Fsp3) is 0.417. The van der Waals surface area contributed by atoms with Crippen molar-refractivity contribution < 1.29 is 4.79 Å². The summed E-state index contributed by atoms with van der Waals surface area (Å²) >= 11 is 6.83. The molecule has 1 atom stereocenters. The molecule has 17 heavy (non-hydrogen) atoms. The van der Waals surface area contributed by atoms with E-state index >= 15 is 0 Å². The highest BCUT2D eigenvalue weighted by atomic mass is 79.9. The number of carbonyl (C=O) groups excluding carboxylic acids is 1. The maximum absolute atomic E-state index is 11.9. The van der Waals surface area contributed by atoms with Crippen LogP contribution >= 0.6 is 31.9 Å². The molecule has 0 saturated carbocycles. The number of anilines is 1. The van der Waals surface area contributed by atoms with Crippen molar-refractivity contribution in [3.05, 3.63) is 27.1 Å². The third-order valence-corrected chi connectivity index (χ3v) is 3.68. The van der Waals surface area contributed by atoms with Crippen LogP contribution in [-0.4, -0.2) is 19.0 Å². The molecule has 0 aliphatic heterocycles. The van der Waals surface area contributed by atoms with Crippen molar-refractivity contribution in [2.75, 3.05) is 18.4 Å². The SMILES string of the molecule is CCNCC(C)C(=O)Nc1c(Br)cccc1Br. The molecule has 0 bridgehead atoms. The van der Waals surface area contributed by atoms with E-state index in [1.165, 1.54) is 0 Å². The lowest BCUT2D eigenvalue weighted by Crippen LogP contribution is -2.30. The summed E-state index contributed by atoms with van der Waals surface area (Å²) in [5.74, 6) is -0.0486. The summed E-state index contributed by atoms with van der Waals surface area (Å²) in [6.07, 6.45) is 0. The van der Waals surface area contributed by atoms with Crippen molar-refractivity contribution in [2.45, 2.75) is 13.8 Å². The van der Waals surface area contributed by atoms with Crippen molar-refractivity contribution >= 4 is 43.5 Å². The maximum Gasteiger partial charge on any atom is 0.228 e. The molecule has 0 spiro atoms. The smallest absolute Gasteiger partial charge is 0.228 e. The normalized spacial score (nSPS) is 12.2. The number of hydrogen-bond donors (Lipinski definition) is 2. The largest absolute Gasteiger partial charge is 0.324 e. The van der Waals surface area contributed by atoms with Crippen LogP contribution in [0.1, 0.15) is 13.8 Å². The number of para-hydroxylation sites is 1. The predicted octanol–water partition coefficient (Wildman–Crippen LogP) is 3.40. The summed E-state index contributed by atoms with van der Waals surface area (Å²) in [4.78, 5) is 11.9. The Morgan fingerprint density at radius 1 is 1.35 bits per heavy atom. The van der Waals surface area contributed by atoms with Crippen LogP contribution in [0.5, 0.6) is 0 Å². The molecule has 0 aliphatic rings. The van der Waals surface area contributed by atoms with Gasteiger partial charge in [0.05, 0.1) is 5.69 Å². The molecule has 0 aromatic heterocycles.